The summed E-state index contributed by atoms with van der Waals surface area (Å²) in [6.07, 6.45) is 13.7. The Kier molecular flexibility index (Phi) is 29.1. The van der Waals surface area contributed by atoms with E-state index in [2.05, 4.69) is 12.2 Å². The van der Waals surface area contributed by atoms with E-state index in [1.54, 1.807) is 7.05 Å². The minimum Gasteiger partial charge on any atom is -0.870 e. The summed E-state index contributed by atoms with van der Waals surface area (Å²) < 4.78 is 0. The van der Waals surface area contributed by atoms with Gasteiger partial charge < -0.3 is 10.8 Å². The van der Waals surface area contributed by atoms with E-state index >= 15 is 0 Å². The summed E-state index contributed by atoms with van der Waals surface area (Å²) in [6, 6.07) is 0. The van der Waals surface area contributed by atoms with E-state index in [0.29, 0.717) is 12.3 Å². The van der Waals surface area contributed by atoms with Crippen LogP contribution in [-0.2, 0) is 9.59 Å². The highest BCUT2D eigenvalue weighted by molar-refractivity contribution is 6.63. The number of hydrogen-bond donors (Lipinski definition) is 1. The third-order valence-corrected chi connectivity index (χ3v) is 4.14. The molecule has 1 fully saturated rings. The summed E-state index contributed by atoms with van der Waals surface area (Å²) in [5, 5.41) is 2.53. The molecule has 2 N–H and O–H groups in total. The quantitative estimate of drug-likeness (QED) is 0.345. The second-order valence-electron chi connectivity index (χ2n) is 5.82. The van der Waals surface area contributed by atoms with Crippen LogP contribution in [0.5, 0.6) is 0 Å². The fourth-order valence-electron chi connectivity index (χ4n) is 2.61. The van der Waals surface area contributed by atoms with Gasteiger partial charge in [-0.15, -0.1) is 0 Å². The van der Waals surface area contributed by atoms with Crippen LogP contribution in [0.1, 0.15) is 98.8 Å². The summed E-state index contributed by atoms with van der Waals surface area (Å²) in [7, 11) is 1.73. The first-order valence-electron chi connectivity index (χ1n) is 8.51. The molecule has 0 saturated heterocycles. The predicted octanol–water partition coefficient (Wildman–Crippen LogP) is 5.91. The van der Waals surface area contributed by atoms with Crippen LogP contribution >= 0.6 is 11.6 Å². The molecule has 1 rings (SSSR count). The van der Waals surface area contributed by atoms with Gasteiger partial charge in [-0.2, -0.15) is 0 Å². The smallest absolute Gasteiger partial charge is 0.222 e. The SMILES string of the molecule is C.C.CCCCCCCC(=O)Cl.CNC(=O)C1CCCCCC1.[OH-]. The molecule has 0 unspecified atom stereocenters. The molecule has 0 spiro atoms. The molecule has 0 aliphatic heterocycles. The first-order valence-corrected chi connectivity index (χ1v) is 8.89. The maximum absolute atomic E-state index is 11.2. The van der Waals surface area contributed by atoms with Crippen molar-refractivity contribution in [1.29, 1.82) is 0 Å². The van der Waals surface area contributed by atoms with Crippen molar-refractivity contribution < 1.29 is 15.1 Å². The highest BCUT2D eigenvalue weighted by Crippen LogP contribution is 2.22. The zero-order valence-electron chi connectivity index (χ0n) is 14.2. The van der Waals surface area contributed by atoms with Gasteiger partial charge in [0.05, 0.1) is 0 Å². The Bertz CT molecular complexity index is 278. The lowest BCUT2D eigenvalue weighted by Gasteiger charge is -2.10. The molecule has 1 aliphatic rings. The molecule has 4 nitrogen and oxygen atoms in total. The standard InChI is InChI=1S/C9H17NO.C8H15ClO.2CH4.H2O/c1-10-9(11)8-6-4-2-3-5-7-8;1-2-3-4-5-6-7-8(9)10;;;/h8H,2-7H2,1H3,(H,10,11);2-7H2,1H3;2*1H4;1H2/p-1. The lowest BCUT2D eigenvalue weighted by atomic mass is 10.00. The second kappa shape index (κ2) is 22.4. The molecular formula is C19H41ClNO3-. The number of carbonyl (C=O) groups excluding carboxylic acids is 2. The number of rotatable bonds is 7. The molecule has 5 heteroatoms. The maximum Gasteiger partial charge on any atom is 0.222 e. The third kappa shape index (κ3) is 19.4. The van der Waals surface area contributed by atoms with Gasteiger partial charge in [0, 0.05) is 19.4 Å². The van der Waals surface area contributed by atoms with Crippen molar-refractivity contribution in [3.63, 3.8) is 0 Å². The minimum absolute atomic E-state index is 0. The Morgan fingerprint density at radius 2 is 1.46 bits per heavy atom. The Morgan fingerprint density at radius 1 is 0.958 bits per heavy atom. The lowest BCUT2D eigenvalue weighted by molar-refractivity contribution is -0.124. The number of unbranched alkanes of at least 4 members (excludes halogenated alkanes) is 4. The van der Waals surface area contributed by atoms with Crippen LogP contribution in [0.4, 0.5) is 0 Å². The molecule has 0 atom stereocenters. The van der Waals surface area contributed by atoms with Gasteiger partial charge in [-0.05, 0) is 30.9 Å². The molecule has 0 radical (unpaired) electrons. The summed E-state index contributed by atoms with van der Waals surface area (Å²) in [6.45, 7) is 2.17. The number of hydrogen-bond acceptors (Lipinski definition) is 3. The van der Waals surface area contributed by atoms with Gasteiger partial charge in [0.1, 0.15) is 0 Å². The van der Waals surface area contributed by atoms with Crippen LogP contribution in [0.2, 0.25) is 0 Å². The van der Waals surface area contributed by atoms with Crippen LogP contribution in [0, 0.1) is 5.92 Å². The van der Waals surface area contributed by atoms with Gasteiger partial charge >= 0.3 is 0 Å². The average molecular weight is 367 g/mol. The lowest BCUT2D eigenvalue weighted by Crippen LogP contribution is -2.26. The molecule has 1 saturated carbocycles. The molecule has 0 aromatic rings. The van der Waals surface area contributed by atoms with Crippen molar-refractivity contribution in [2.24, 2.45) is 5.92 Å². The van der Waals surface area contributed by atoms with E-state index in [9.17, 15) is 9.59 Å². The molecular weight excluding hydrogens is 326 g/mol. The largest absolute Gasteiger partial charge is 0.870 e. The van der Waals surface area contributed by atoms with Gasteiger partial charge in [-0.3, -0.25) is 9.59 Å². The van der Waals surface area contributed by atoms with Crippen molar-refractivity contribution in [3.8, 4) is 0 Å². The third-order valence-electron chi connectivity index (χ3n) is 3.95. The predicted molar refractivity (Wildman–Crippen MR) is 105 cm³/mol. The topological polar surface area (TPSA) is 76.2 Å². The Hall–Kier alpha value is -0.610. The van der Waals surface area contributed by atoms with Crippen LogP contribution < -0.4 is 5.32 Å². The second-order valence-corrected chi connectivity index (χ2v) is 6.24. The molecule has 148 valence electrons. The summed E-state index contributed by atoms with van der Waals surface area (Å²) in [5.74, 6) is 0.550. The van der Waals surface area contributed by atoms with Crippen molar-refractivity contribution in [2.45, 2.75) is 98.8 Å². The molecule has 1 aliphatic carbocycles. The van der Waals surface area contributed by atoms with E-state index in [1.807, 2.05) is 0 Å². The summed E-state index contributed by atoms with van der Waals surface area (Å²) >= 11 is 5.15. The fraction of sp³-hybridized carbons (Fsp3) is 0.895. The molecule has 0 heterocycles. The maximum atomic E-state index is 11.2. The number of amides is 1. The van der Waals surface area contributed by atoms with Crippen LogP contribution in [0.25, 0.3) is 0 Å². The van der Waals surface area contributed by atoms with Gasteiger partial charge in [-0.25, -0.2) is 0 Å². The van der Waals surface area contributed by atoms with Gasteiger partial charge in [-0.1, -0.05) is 73.1 Å². The molecule has 0 bridgehead atoms. The fourth-order valence-corrected chi connectivity index (χ4v) is 2.75. The summed E-state index contributed by atoms with van der Waals surface area (Å²) in [4.78, 5) is 21.5. The van der Waals surface area contributed by atoms with Crippen molar-refractivity contribution in [2.75, 3.05) is 7.05 Å². The van der Waals surface area contributed by atoms with Crippen LogP contribution in [0.3, 0.4) is 0 Å². The monoisotopic (exact) mass is 366 g/mol. The summed E-state index contributed by atoms with van der Waals surface area (Å²) in [5.41, 5.74) is 0. The van der Waals surface area contributed by atoms with Crippen molar-refractivity contribution in [1.82, 2.24) is 5.32 Å². The van der Waals surface area contributed by atoms with Crippen LogP contribution in [0.15, 0.2) is 0 Å². The zero-order valence-corrected chi connectivity index (χ0v) is 15.0. The Morgan fingerprint density at radius 3 is 1.88 bits per heavy atom. The number of carbonyl (C=O) groups is 2. The van der Waals surface area contributed by atoms with Crippen molar-refractivity contribution in [3.05, 3.63) is 0 Å². The Balaban J connectivity index is -0.000000149. The Labute approximate surface area is 155 Å². The number of nitrogens with one attached hydrogen (secondary N) is 1. The average Bonchev–Trinajstić information content (AvgIpc) is 2.76. The zero-order chi connectivity index (χ0) is 15.9. The number of halogens is 1. The van der Waals surface area contributed by atoms with E-state index in [0.717, 1.165) is 25.7 Å². The highest BCUT2D eigenvalue weighted by atomic mass is 35.5. The first-order chi connectivity index (χ1) is 10.1. The normalized spacial score (nSPS) is 13.6. The molecule has 24 heavy (non-hydrogen) atoms. The molecule has 1 amide bonds. The molecule has 0 aromatic carbocycles. The van der Waals surface area contributed by atoms with E-state index in [-0.39, 0.29) is 31.5 Å². The first kappa shape index (κ1) is 31.2. The van der Waals surface area contributed by atoms with Crippen molar-refractivity contribution >= 4 is 22.8 Å². The van der Waals surface area contributed by atoms with E-state index in [1.165, 1.54) is 44.9 Å². The van der Waals surface area contributed by atoms with E-state index < -0.39 is 0 Å². The van der Waals surface area contributed by atoms with Gasteiger partial charge in [0.15, 0.2) is 0 Å². The molecule has 0 aromatic heterocycles. The van der Waals surface area contributed by atoms with Gasteiger partial charge in [0.25, 0.3) is 0 Å². The van der Waals surface area contributed by atoms with Gasteiger partial charge in [0.2, 0.25) is 11.1 Å². The van der Waals surface area contributed by atoms with E-state index in [4.69, 9.17) is 11.6 Å². The minimum atomic E-state index is -0.198. The van der Waals surface area contributed by atoms with Crippen LogP contribution in [-0.4, -0.2) is 23.7 Å². The highest BCUT2D eigenvalue weighted by Gasteiger charge is 2.17.